The number of nitrogens with zero attached hydrogens (tertiary/aromatic N) is 1. The maximum absolute atomic E-state index is 12.5. The summed E-state index contributed by atoms with van der Waals surface area (Å²) in [6, 6.07) is -0.535. The van der Waals surface area contributed by atoms with Gasteiger partial charge >= 0.3 is 0 Å². The third-order valence-corrected chi connectivity index (χ3v) is 5.81. The molecule has 3 aliphatic rings. The molecular formula is C16H23N3O3S. The van der Waals surface area contributed by atoms with Gasteiger partial charge in [0.2, 0.25) is 17.7 Å². The number of nitrogens with two attached hydrogens (primary N) is 1. The zero-order valence-corrected chi connectivity index (χ0v) is 14.1. The molecular weight excluding hydrogens is 314 g/mol. The summed E-state index contributed by atoms with van der Waals surface area (Å²) in [5, 5.41) is 2.73. The molecule has 0 radical (unpaired) electrons. The Labute approximate surface area is 140 Å². The average Bonchev–Trinajstić information content (AvgIpc) is 3.21. The van der Waals surface area contributed by atoms with Gasteiger partial charge in [0.15, 0.2) is 0 Å². The molecule has 0 aromatic rings. The molecule has 23 heavy (non-hydrogen) atoms. The van der Waals surface area contributed by atoms with Gasteiger partial charge in [-0.05, 0) is 36.7 Å². The van der Waals surface area contributed by atoms with E-state index in [4.69, 9.17) is 5.73 Å². The van der Waals surface area contributed by atoms with Crippen molar-refractivity contribution in [2.75, 3.05) is 25.1 Å². The van der Waals surface area contributed by atoms with Gasteiger partial charge in [-0.25, -0.2) is 0 Å². The second-order valence-electron chi connectivity index (χ2n) is 6.51. The molecule has 0 spiro atoms. The average molecular weight is 337 g/mol. The lowest BCUT2D eigenvalue weighted by atomic mass is 9.85. The molecule has 3 amide bonds. The van der Waals surface area contributed by atoms with E-state index in [0.29, 0.717) is 6.42 Å². The van der Waals surface area contributed by atoms with Gasteiger partial charge in [-0.2, -0.15) is 11.8 Å². The van der Waals surface area contributed by atoms with Crippen LogP contribution >= 0.6 is 11.8 Å². The number of nitrogens with one attached hydrogen (secondary N) is 1. The molecule has 126 valence electrons. The minimum atomic E-state index is -0.535. The van der Waals surface area contributed by atoms with Crippen LogP contribution in [0, 0.1) is 23.7 Å². The predicted molar refractivity (Wildman–Crippen MR) is 88.4 cm³/mol. The third kappa shape index (κ3) is 2.92. The molecule has 7 heteroatoms. The van der Waals surface area contributed by atoms with Crippen molar-refractivity contribution in [2.45, 2.75) is 18.9 Å². The summed E-state index contributed by atoms with van der Waals surface area (Å²) in [5.74, 6) is 0.573. The molecule has 6 nitrogen and oxygen atoms in total. The summed E-state index contributed by atoms with van der Waals surface area (Å²) in [6.07, 6.45) is 7.67. The Hall–Kier alpha value is -1.34. The summed E-state index contributed by atoms with van der Waals surface area (Å²) < 4.78 is 0. The molecule has 3 rings (SSSR count). The number of allylic oxidation sites excluding steroid dienone is 2. The van der Waals surface area contributed by atoms with Crippen molar-refractivity contribution in [1.29, 1.82) is 0 Å². The molecule has 1 aliphatic heterocycles. The SMILES string of the molecule is CSCC[C@H](N)C(=O)NCCN1C(=O)C2C3C=CC(C3)C2C1=O. The molecule has 2 aliphatic carbocycles. The van der Waals surface area contributed by atoms with Crippen molar-refractivity contribution in [3.8, 4) is 0 Å². The Morgan fingerprint density at radius 2 is 1.96 bits per heavy atom. The van der Waals surface area contributed by atoms with Crippen molar-refractivity contribution in [3.63, 3.8) is 0 Å². The number of hydrogen-bond donors (Lipinski definition) is 2. The van der Waals surface area contributed by atoms with Gasteiger partial charge < -0.3 is 11.1 Å². The normalized spacial score (nSPS) is 32.5. The van der Waals surface area contributed by atoms with Crippen molar-refractivity contribution < 1.29 is 14.4 Å². The monoisotopic (exact) mass is 337 g/mol. The minimum absolute atomic E-state index is 0.0715. The van der Waals surface area contributed by atoms with Gasteiger partial charge in [0, 0.05) is 13.1 Å². The number of carbonyl (C=O) groups is 3. The van der Waals surface area contributed by atoms with E-state index in [2.05, 4.69) is 17.5 Å². The lowest BCUT2D eigenvalue weighted by Crippen LogP contribution is -2.45. The number of rotatable bonds is 7. The van der Waals surface area contributed by atoms with E-state index in [1.165, 1.54) is 4.90 Å². The second-order valence-corrected chi connectivity index (χ2v) is 7.49. The van der Waals surface area contributed by atoms with Crippen molar-refractivity contribution in [3.05, 3.63) is 12.2 Å². The molecule has 2 fully saturated rings. The highest BCUT2D eigenvalue weighted by Crippen LogP contribution is 2.52. The number of likely N-dealkylation sites (tertiary alicyclic amines) is 1. The van der Waals surface area contributed by atoms with Gasteiger partial charge in [-0.1, -0.05) is 12.2 Å². The van der Waals surface area contributed by atoms with E-state index < -0.39 is 6.04 Å². The summed E-state index contributed by atoms with van der Waals surface area (Å²) in [6.45, 7) is 0.510. The van der Waals surface area contributed by atoms with E-state index in [-0.39, 0.29) is 54.5 Å². The highest BCUT2D eigenvalue weighted by Gasteiger charge is 2.58. The van der Waals surface area contributed by atoms with Gasteiger partial charge in [0.05, 0.1) is 17.9 Å². The van der Waals surface area contributed by atoms with Crippen LogP contribution in [0.2, 0.25) is 0 Å². The topological polar surface area (TPSA) is 92.5 Å². The van der Waals surface area contributed by atoms with Crippen molar-refractivity contribution in [1.82, 2.24) is 10.2 Å². The highest BCUT2D eigenvalue weighted by atomic mass is 32.2. The van der Waals surface area contributed by atoms with Gasteiger partial charge in [-0.3, -0.25) is 19.3 Å². The summed E-state index contributed by atoms with van der Waals surface area (Å²) in [7, 11) is 0. The van der Waals surface area contributed by atoms with Crippen molar-refractivity contribution in [2.24, 2.45) is 29.4 Å². The van der Waals surface area contributed by atoms with Crippen LogP contribution in [0.25, 0.3) is 0 Å². The van der Waals surface area contributed by atoms with Gasteiger partial charge in [-0.15, -0.1) is 0 Å². The fourth-order valence-electron chi connectivity index (χ4n) is 3.98. The van der Waals surface area contributed by atoms with E-state index in [9.17, 15) is 14.4 Å². The van der Waals surface area contributed by atoms with Crippen LogP contribution in [-0.4, -0.2) is 53.8 Å². The Balaban J connectivity index is 1.49. The standard InChI is InChI=1S/C16H23N3O3S/c1-23-7-4-11(17)14(20)18-5-6-19-15(21)12-9-2-3-10(8-9)13(12)16(19)22/h2-3,9-13H,4-8,17H2,1H3,(H,18,20)/t9?,10?,11-,12?,13?/m0/s1. The largest absolute Gasteiger partial charge is 0.353 e. The maximum atomic E-state index is 12.5. The molecule has 0 aromatic heterocycles. The quantitative estimate of drug-likeness (QED) is 0.503. The molecule has 1 heterocycles. The molecule has 2 bridgehead atoms. The highest BCUT2D eigenvalue weighted by molar-refractivity contribution is 7.98. The van der Waals surface area contributed by atoms with E-state index in [0.717, 1.165) is 12.2 Å². The Morgan fingerprint density at radius 3 is 2.52 bits per heavy atom. The fraction of sp³-hybridized carbons (Fsp3) is 0.688. The van der Waals surface area contributed by atoms with Crippen LogP contribution in [-0.2, 0) is 14.4 Å². The molecule has 4 unspecified atom stereocenters. The molecule has 1 saturated carbocycles. The lowest BCUT2D eigenvalue weighted by Gasteiger charge is -2.18. The lowest BCUT2D eigenvalue weighted by molar-refractivity contribution is -0.141. The zero-order chi connectivity index (χ0) is 16.6. The summed E-state index contributed by atoms with van der Waals surface area (Å²) in [4.78, 5) is 38.1. The molecule has 5 atom stereocenters. The van der Waals surface area contributed by atoms with Crippen molar-refractivity contribution >= 4 is 29.5 Å². The number of fused-ring (bicyclic) bond motifs is 5. The van der Waals surface area contributed by atoms with Gasteiger partial charge in [0.25, 0.3) is 0 Å². The number of hydrogen-bond acceptors (Lipinski definition) is 5. The number of imide groups is 1. The van der Waals surface area contributed by atoms with Gasteiger partial charge in [0.1, 0.15) is 0 Å². The van der Waals surface area contributed by atoms with Crippen LogP contribution in [0.4, 0.5) is 0 Å². The summed E-state index contributed by atoms with van der Waals surface area (Å²) >= 11 is 1.64. The third-order valence-electron chi connectivity index (χ3n) is 5.17. The molecule has 3 N–H and O–H groups in total. The molecule has 1 saturated heterocycles. The molecule has 0 aromatic carbocycles. The van der Waals surface area contributed by atoms with E-state index >= 15 is 0 Å². The minimum Gasteiger partial charge on any atom is -0.353 e. The van der Waals surface area contributed by atoms with Crippen LogP contribution in [0.1, 0.15) is 12.8 Å². The Bertz CT molecular complexity index is 521. The Kier molecular flexibility index (Phi) is 4.77. The zero-order valence-electron chi connectivity index (χ0n) is 13.2. The first-order valence-corrected chi connectivity index (χ1v) is 9.49. The van der Waals surface area contributed by atoms with Crippen LogP contribution in [0.5, 0.6) is 0 Å². The van der Waals surface area contributed by atoms with E-state index in [1.54, 1.807) is 11.8 Å². The fourth-order valence-corrected chi connectivity index (χ4v) is 4.47. The smallest absolute Gasteiger partial charge is 0.237 e. The first-order chi connectivity index (χ1) is 11.0. The van der Waals surface area contributed by atoms with E-state index in [1.807, 2.05) is 6.26 Å². The Morgan fingerprint density at radius 1 is 1.35 bits per heavy atom. The number of thioether (sulfide) groups is 1. The number of amides is 3. The number of carbonyl (C=O) groups excluding carboxylic acids is 3. The maximum Gasteiger partial charge on any atom is 0.237 e. The summed E-state index contributed by atoms with van der Waals surface area (Å²) in [5.41, 5.74) is 5.79. The predicted octanol–water partition coefficient (Wildman–Crippen LogP) is -0.00990. The van der Waals surface area contributed by atoms with Crippen LogP contribution in [0.3, 0.4) is 0 Å². The van der Waals surface area contributed by atoms with Crippen LogP contribution in [0.15, 0.2) is 12.2 Å². The first-order valence-electron chi connectivity index (χ1n) is 8.10. The second kappa shape index (κ2) is 6.65. The van der Waals surface area contributed by atoms with Crippen LogP contribution < -0.4 is 11.1 Å². The first kappa shape index (κ1) is 16.5.